The van der Waals surface area contributed by atoms with Gasteiger partial charge in [0.25, 0.3) is 0 Å². The number of ether oxygens (including phenoxy) is 1. The molecule has 1 aliphatic heterocycles. The molecule has 0 saturated carbocycles. The smallest absolute Gasteiger partial charge is 0.219 e. The van der Waals surface area contributed by atoms with E-state index >= 15 is 0 Å². The molecule has 0 bridgehead atoms. The predicted octanol–water partition coefficient (Wildman–Crippen LogP) is 2.12. The van der Waals surface area contributed by atoms with Crippen LogP contribution in [0.2, 0.25) is 0 Å². The summed E-state index contributed by atoms with van der Waals surface area (Å²) in [4.78, 5) is 24.6. The number of benzene rings is 1. The van der Waals surface area contributed by atoms with Gasteiger partial charge < -0.3 is 19.9 Å². The largest absolute Gasteiger partial charge is 0.496 e. The van der Waals surface area contributed by atoms with Gasteiger partial charge in [-0.05, 0) is 25.0 Å². The van der Waals surface area contributed by atoms with E-state index in [4.69, 9.17) is 4.74 Å². The summed E-state index contributed by atoms with van der Waals surface area (Å²) >= 11 is 0. The fourth-order valence-corrected chi connectivity index (χ4v) is 3.29. The zero-order chi connectivity index (χ0) is 19.2. The van der Waals surface area contributed by atoms with Crippen molar-refractivity contribution in [2.75, 3.05) is 50.1 Å². The van der Waals surface area contributed by atoms with Gasteiger partial charge in [0.2, 0.25) is 5.91 Å². The Kier molecular flexibility index (Phi) is 6.11. The van der Waals surface area contributed by atoms with Gasteiger partial charge >= 0.3 is 0 Å². The van der Waals surface area contributed by atoms with Crippen molar-refractivity contribution in [3.05, 3.63) is 41.7 Å². The van der Waals surface area contributed by atoms with Gasteiger partial charge in [-0.15, -0.1) is 0 Å². The zero-order valence-corrected chi connectivity index (χ0v) is 16.2. The van der Waals surface area contributed by atoms with Crippen LogP contribution >= 0.6 is 0 Å². The number of amides is 1. The van der Waals surface area contributed by atoms with Gasteiger partial charge in [-0.2, -0.15) is 0 Å². The van der Waals surface area contributed by atoms with E-state index in [1.807, 2.05) is 36.1 Å². The number of carbonyl (C=O) groups is 1. The van der Waals surface area contributed by atoms with E-state index < -0.39 is 0 Å². The van der Waals surface area contributed by atoms with E-state index in [0.29, 0.717) is 0 Å². The third kappa shape index (κ3) is 4.87. The number of carbonyl (C=O) groups excluding carboxylic acids is 1. The van der Waals surface area contributed by atoms with Crippen LogP contribution in [0.1, 0.15) is 18.3 Å². The fourth-order valence-electron chi connectivity index (χ4n) is 3.29. The first-order chi connectivity index (χ1) is 13.1. The van der Waals surface area contributed by atoms with Crippen LogP contribution in [0.3, 0.4) is 0 Å². The van der Waals surface area contributed by atoms with Gasteiger partial charge in [-0.1, -0.05) is 18.2 Å². The molecule has 0 spiro atoms. The zero-order valence-electron chi connectivity index (χ0n) is 16.2. The van der Waals surface area contributed by atoms with Crippen LogP contribution in [0, 0.1) is 6.92 Å². The van der Waals surface area contributed by atoms with Crippen molar-refractivity contribution in [1.82, 2.24) is 14.9 Å². The molecule has 1 fully saturated rings. The number of hydrogen-bond acceptors (Lipinski definition) is 6. The Labute approximate surface area is 160 Å². The molecular formula is C20H27N5O2. The van der Waals surface area contributed by atoms with Crippen molar-refractivity contribution in [3.63, 3.8) is 0 Å². The molecule has 0 atom stereocenters. The lowest BCUT2D eigenvalue weighted by Gasteiger charge is -2.35. The second-order valence-corrected chi connectivity index (χ2v) is 6.64. The normalized spacial score (nSPS) is 14.2. The van der Waals surface area contributed by atoms with Crippen LogP contribution in [-0.4, -0.2) is 60.6 Å². The average Bonchev–Trinajstić information content (AvgIpc) is 2.68. The number of aromatic nitrogens is 2. The Bertz CT molecular complexity index is 788. The van der Waals surface area contributed by atoms with Crippen molar-refractivity contribution >= 4 is 17.5 Å². The molecule has 1 saturated heterocycles. The monoisotopic (exact) mass is 369 g/mol. The van der Waals surface area contributed by atoms with Crippen LogP contribution in [0.5, 0.6) is 5.75 Å². The van der Waals surface area contributed by atoms with Crippen molar-refractivity contribution < 1.29 is 9.53 Å². The molecule has 7 heteroatoms. The molecule has 1 N–H and O–H groups in total. The van der Waals surface area contributed by atoms with E-state index in [-0.39, 0.29) is 5.91 Å². The highest BCUT2D eigenvalue weighted by Crippen LogP contribution is 2.20. The Morgan fingerprint density at radius 2 is 1.93 bits per heavy atom. The topological polar surface area (TPSA) is 70.6 Å². The number of nitrogens with zero attached hydrogens (tertiary/aromatic N) is 4. The number of aryl methyl sites for hydroxylation is 1. The van der Waals surface area contributed by atoms with Gasteiger partial charge in [0.15, 0.2) is 0 Å². The van der Waals surface area contributed by atoms with Crippen LogP contribution in [0.25, 0.3) is 0 Å². The highest BCUT2D eigenvalue weighted by atomic mass is 16.5. The molecule has 0 radical (unpaired) electrons. The van der Waals surface area contributed by atoms with Gasteiger partial charge in [-0.25, -0.2) is 9.97 Å². The number of rotatable bonds is 6. The molecule has 27 heavy (non-hydrogen) atoms. The first kappa shape index (κ1) is 18.9. The van der Waals surface area contributed by atoms with Crippen LogP contribution in [-0.2, 0) is 11.2 Å². The minimum Gasteiger partial charge on any atom is -0.496 e. The number of methoxy groups -OCH3 is 1. The van der Waals surface area contributed by atoms with Crippen LogP contribution < -0.4 is 15.0 Å². The van der Waals surface area contributed by atoms with E-state index in [0.717, 1.165) is 62.4 Å². The molecule has 144 valence electrons. The molecule has 1 aromatic heterocycles. The lowest BCUT2D eigenvalue weighted by molar-refractivity contribution is -0.129. The van der Waals surface area contributed by atoms with Crippen molar-refractivity contribution in [2.45, 2.75) is 20.3 Å². The van der Waals surface area contributed by atoms with E-state index in [1.54, 1.807) is 14.0 Å². The molecule has 0 unspecified atom stereocenters. The van der Waals surface area contributed by atoms with E-state index in [9.17, 15) is 4.79 Å². The Balaban J connectivity index is 1.61. The summed E-state index contributed by atoms with van der Waals surface area (Å²) in [5, 5.41) is 3.39. The highest BCUT2D eigenvalue weighted by molar-refractivity contribution is 5.73. The van der Waals surface area contributed by atoms with E-state index in [1.165, 1.54) is 5.56 Å². The minimum atomic E-state index is 0.132. The minimum absolute atomic E-state index is 0.132. The second-order valence-electron chi connectivity index (χ2n) is 6.64. The Hall–Kier alpha value is -2.83. The second kappa shape index (κ2) is 8.70. The summed E-state index contributed by atoms with van der Waals surface area (Å²) in [6.07, 6.45) is 0.847. The average molecular weight is 369 g/mol. The van der Waals surface area contributed by atoms with Crippen LogP contribution in [0.15, 0.2) is 30.3 Å². The first-order valence-corrected chi connectivity index (χ1v) is 9.28. The Morgan fingerprint density at radius 3 is 2.63 bits per heavy atom. The molecule has 1 amide bonds. The number of piperazine rings is 1. The maximum absolute atomic E-state index is 11.5. The summed E-state index contributed by atoms with van der Waals surface area (Å²) in [5.74, 6) is 3.50. The number of anilines is 2. The van der Waals surface area contributed by atoms with Gasteiger partial charge in [0, 0.05) is 45.7 Å². The SMILES string of the molecule is COc1ccccc1CCNc1cc(N2CCN(C(C)=O)CC2)nc(C)n1. The molecule has 2 heterocycles. The third-order valence-electron chi connectivity index (χ3n) is 4.77. The van der Waals surface area contributed by atoms with E-state index in [2.05, 4.69) is 26.3 Å². The lowest BCUT2D eigenvalue weighted by Crippen LogP contribution is -2.48. The molecule has 1 aromatic carbocycles. The van der Waals surface area contributed by atoms with Crippen molar-refractivity contribution in [3.8, 4) is 5.75 Å². The maximum atomic E-state index is 11.5. The first-order valence-electron chi connectivity index (χ1n) is 9.28. The lowest BCUT2D eigenvalue weighted by atomic mass is 10.1. The molecule has 3 rings (SSSR count). The summed E-state index contributed by atoms with van der Waals surface area (Å²) in [6, 6.07) is 10.0. The fraction of sp³-hybridized carbons (Fsp3) is 0.450. The number of para-hydroxylation sites is 1. The Morgan fingerprint density at radius 1 is 1.19 bits per heavy atom. The summed E-state index contributed by atoms with van der Waals surface area (Å²) < 4.78 is 5.40. The third-order valence-corrected chi connectivity index (χ3v) is 4.77. The maximum Gasteiger partial charge on any atom is 0.219 e. The van der Waals surface area contributed by atoms with Crippen molar-refractivity contribution in [2.24, 2.45) is 0 Å². The van der Waals surface area contributed by atoms with Crippen LogP contribution in [0.4, 0.5) is 11.6 Å². The summed E-state index contributed by atoms with van der Waals surface area (Å²) in [5.41, 5.74) is 1.17. The van der Waals surface area contributed by atoms with Gasteiger partial charge in [0.05, 0.1) is 7.11 Å². The highest BCUT2D eigenvalue weighted by Gasteiger charge is 2.20. The van der Waals surface area contributed by atoms with Gasteiger partial charge in [-0.3, -0.25) is 4.79 Å². The molecule has 0 aliphatic carbocycles. The quantitative estimate of drug-likeness (QED) is 0.841. The van der Waals surface area contributed by atoms with Crippen molar-refractivity contribution in [1.29, 1.82) is 0 Å². The summed E-state index contributed by atoms with van der Waals surface area (Å²) in [6.45, 7) is 7.32. The predicted molar refractivity (Wildman–Crippen MR) is 106 cm³/mol. The molecular weight excluding hydrogens is 342 g/mol. The molecule has 1 aliphatic rings. The van der Waals surface area contributed by atoms with Gasteiger partial charge in [0.1, 0.15) is 23.2 Å². The molecule has 7 nitrogen and oxygen atoms in total. The number of hydrogen-bond donors (Lipinski definition) is 1. The molecule has 2 aromatic rings. The summed E-state index contributed by atoms with van der Waals surface area (Å²) in [7, 11) is 1.69. The number of nitrogens with one attached hydrogen (secondary N) is 1. The standard InChI is InChI=1S/C20H27N5O2/c1-15-22-19(21-9-8-17-6-4-5-7-18(17)27-3)14-20(23-15)25-12-10-24(11-13-25)16(2)26/h4-7,14H,8-13H2,1-3H3,(H,21,22,23).